The summed E-state index contributed by atoms with van der Waals surface area (Å²) in [5, 5.41) is 10.5. The van der Waals surface area contributed by atoms with Crippen LogP contribution >= 0.6 is 69.6 Å². The van der Waals surface area contributed by atoms with Gasteiger partial charge in [-0.2, -0.15) is 0 Å². The SMILES string of the molecule is O=C(NC(NC(=S)Nc1ccc(I)cc1)C(Cl)(Cl)Cl)c1cccc2ccccc12. The number of benzene rings is 3. The van der Waals surface area contributed by atoms with Crippen LogP contribution in [0.3, 0.4) is 0 Å². The number of nitrogens with one attached hydrogen (secondary N) is 3. The molecule has 1 unspecified atom stereocenters. The topological polar surface area (TPSA) is 53.2 Å². The summed E-state index contributed by atoms with van der Waals surface area (Å²) in [6.07, 6.45) is -1.05. The molecule has 0 aliphatic heterocycles. The molecule has 0 aliphatic carbocycles. The molecule has 0 saturated carbocycles. The van der Waals surface area contributed by atoms with Crippen LogP contribution in [0.2, 0.25) is 0 Å². The molecule has 9 heteroatoms. The van der Waals surface area contributed by atoms with Gasteiger partial charge in [-0.15, -0.1) is 0 Å². The molecule has 3 N–H and O–H groups in total. The fourth-order valence-electron chi connectivity index (χ4n) is 2.66. The number of anilines is 1. The van der Waals surface area contributed by atoms with Crippen LogP contribution in [0.1, 0.15) is 10.4 Å². The highest BCUT2D eigenvalue weighted by Crippen LogP contribution is 2.30. The molecule has 0 aliphatic rings. The van der Waals surface area contributed by atoms with E-state index in [9.17, 15) is 4.79 Å². The van der Waals surface area contributed by atoms with Crippen LogP contribution in [0.4, 0.5) is 5.69 Å². The van der Waals surface area contributed by atoms with Crippen molar-refractivity contribution in [2.24, 2.45) is 0 Å². The third kappa shape index (κ3) is 6.08. The average molecular weight is 579 g/mol. The van der Waals surface area contributed by atoms with Crippen molar-refractivity contribution in [2.45, 2.75) is 9.96 Å². The van der Waals surface area contributed by atoms with E-state index in [1.54, 1.807) is 12.1 Å². The first-order valence-corrected chi connectivity index (χ1v) is 11.0. The average Bonchev–Trinajstić information content (AvgIpc) is 2.68. The summed E-state index contributed by atoms with van der Waals surface area (Å²) in [5.74, 6) is -0.386. The van der Waals surface area contributed by atoms with E-state index in [4.69, 9.17) is 47.0 Å². The molecule has 0 bridgehead atoms. The smallest absolute Gasteiger partial charge is 0.253 e. The lowest BCUT2D eigenvalue weighted by Crippen LogP contribution is -2.56. The summed E-state index contributed by atoms with van der Waals surface area (Å²) in [4.78, 5) is 12.9. The van der Waals surface area contributed by atoms with E-state index >= 15 is 0 Å². The van der Waals surface area contributed by atoms with Gasteiger partial charge in [-0.3, -0.25) is 4.79 Å². The minimum absolute atomic E-state index is 0.209. The summed E-state index contributed by atoms with van der Waals surface area (Å²) in [6.45, 7) is 0. The number of thiocarbonyl (C=S) groups is 1. The lowest BCUT2D eigenvalue weighted by molar-refractivity contribution is 0.0936. The Kier molecular flexibility index (Phi) is 7.45. The molecule has 0 spiro atoms. The molecular weight excluding hydrogens is 564 g/mol. The van der Waals surface area contributed by atoms with Gasteiger partial charge in [0, 0.05) is 14.8 Å². The first-order valence-electron chi connectivity index (χ1n) is 8.42. The number of rotatable bonds is 4. The summed E-state index contributed by atoms with van der Waals surface area (Å²) < 4.78 is -0.744. The van der Waals surface area contributed by atoms with Gasteiger partial charge in [-0.1, -0.05) is 71.2 Å². The Hall–Kier alpha value is -1.32. The second-order valence-corrected chi connectivity index (χ2v) is 10.1. The van der Waals surface area contributed by atoms with Crippen molar-refractivity contribution in [3.63, 3.8) is 0 Å². The number of carbonyl (C=O) groups is 1. The molecule has 150 valence electrons. The molecule has 0 radical (unpaired) electrons. The zero-order chi connectivity index (χ0) is 21.0. The highest BCUT2D eigenvalue weighted by atomic mass is 127. The molecule has 3 rings (SSSR count). The van der Waals surface area contributed by atoms with Crippen molar-refractivity contribution < 1.29 is 4.79 Å². The summed E-state index contributed by atoms with van der Waals surface area (Å²) in [7, 11) is 0. The van der Waals surface area contributed by atoms with E-state index in [1.165, 1.54) is 0 Å². The normalized spacial score (nSPS) is 12.3. The van der Waals surface area contributed by atoms with Gasteiger partial charge in [0.2, 0.25) is 3.79 Å². The van der Waals surface area contributed by atoms with Crippen molar-refractivity contribution in [3.8, 4) is 0 Å². The maximum Gasteiger partial charge on any atom is 0.253 e. The van der Waals surface area contributed by atoms with E-state index < -0.39 is 9.96 Å². The number of amides is 1. The molecule has 3 aromatic rings. The first kappa shape index (κ1) is 22.4. The van der Waals surface area contributed by atoms with Gasteiger partial charge in [0.25, 0.3) is 5.91 Å². The molecule has 1 atom stereocenters. The van der Waals surface area contributed by atoms with E-state index in [0.717, 1.165) is 20.0 Å². The summed E-state index contributed by atoms with van der Waals surface area (Å²) in [6, 6.07) is 20.6. The Morgan fingerprint density at radius 1 is 0.931 bits per heavy atom. The minimum atomic E-state index is -1.84. The predicted octanol–water partition coefficient (Wildman–Crippen LogP) is 5.86. The van der Waals surface area contributed by atoms with Crippen LogP contribution < -0.4 is 16.0 Å². The molecule has 0 heterocycles. The van der Waals surface area contributed by atoms with E-state index in [1.807, 2.05) is 54.6 Å². The number of hydrogen-bond acceptors (Lipinski definition) is 2. The molecule has 29 heavy (non-hydrogen) atoms. The molecule has 3 aromatic carbocycles. The van der Waals surface area contributed by atoms with E-state index in [2.05, 4.69) is 38.5 Å². The molecule has 4 nitrogen and oxygen atoms in total. The van der Waals surface area contributed by atoms with Gasteiger partial charge in [-0.05, 0) is 75.9 Å². The highest BCUT2D eigenvalue weighted by molar-refractivity contribution is 14.1. The maximum absolute atomic E-state index is 12.9. The second-order valence-electron chi connectivity index (χ2n) is 6.08. The van der Waals surface area contributed by atoms with Gasteiger partial charge >= 0.3 is 0 Å². The Morgan fingerprint density at radius 3 is 2.28 bits per heavy atom. The lowest BCUT2D eigenvalue weighted by atomic mass is 10.0. The quantitative estimate of drug-likeness (QED) is 0.157. The fourth-order valence-corrected chi connectivity index (χ4v) is 3.59. The second kappa shape index (κ2) is 9.66. The van der Waals surface area contributed by atoms with Crippen molar-refractivity contribution in [1.29, 1.82) is 0 Å². The Balaban J connectivity index is 1.76. The van der Waals surface area contributed by atoms with Crippen molar-refractivity contribution >= 4 is 97.1 Å². The molecule has 0 aromatic heterocycles. The molecule has 0 saturated heterocycles. The van der Waals surface area contributed by atoms with Crippen LogP contribution in [0.5, 0.6) is 0 Å². The number of halogens is 4. The zero-order valence-electron chi connectivity index (χ0n) is 14.8. The van der Waals surface area contributed by atoms with Gasteiger partial charge in [-0.25, -0.2) is 0 Å². The van der Waals surface area contributed by atoms with Crippen molar-refractivity contribution in [2.75, 3.05) is 5.32 Å². The zero-order valence-corrected chi connectivity index (χ0v) is 20.0. The van der Waals surface area contributed by atoms with Crippen LogP contribution in [0.15, 0.2) is 66.7 Å². The predicted molar refractivity (Wildman–Crippen MR) is 134 cm³/mol. The fraction of sp³-hybridized carbons (Fsp3) is 0.100. The Bertz CT molecular complexity index is 1040. The molecular formula is C20H15Cl3IN3OS. The summed E-state index contributed by atoms with van der Waals surface area (Å²) >= 11 is 25.8. The van der Waals surface area contributed by atoms with Gasteiger partial charge in [0.05, 0.1) is 0 Å². The van der Waals surface area contributed by atoms with E-state index in [-0.39, 0.29) is 11.0 Å². The minimum Gasteiger partial charge on any atom is -0.339 e. The highest BCUT2D eigenvalue weighted by Gasteiger charge is 2.35. The number of hydrogen-bond donors (Lipinski definition) is 3. The first-order chi connectivity index (χ1) is 13.7. The molecule has 0 fully saturated rings. The van der Waals surface area contributed by atoms with Crippen LogP contribution in [-0.4, -0.2) is 21.0 Å². The number of alkyl halides is 3. The van der Waals surface area contributed by atoms with Gasteiger partial charge < -0.3 is 16.0 Å². The monoisotopic (exact) mass is 577 g/mol. The van der Waals surface area contributed by atoms with Crippen molar-refractivity contribution in [1.82, 2.24) is 10.6 Å². The number of fused-ring (bicyclic) bond motifs is 1. The largest absolute Gasteiger partial charge is 0.339 e. The molecule has 1 amide bonds. The third-order valence-corrected chi connectivity index (χ3v) is 5.61. The summed E-state index contributed by atoms with van der Waals surface area (Å²) in [5.41, 5.74) is 1.24. The van der Waals surface area contributed by atoms with Crippen molar-refractivity contribution in [3.05, 3.63) is 75.9 Å². The number of carbonyl (C=O) groups excluding carboxylic acids is 1. The maximum atomic E-state index is 12.9. The van der Waals surface area contributed by atoms with E-state index in [0.29, 0.717) is 5.56 Å². The van der Waals surface area contributed by atoms with Crippen LogP contribution in [0, 0.1) is 3.57 Å². The van der Waals surface area contributed by atoms with Gasteiger partial charge in [0.15, 0.2) is 5.11 Å². The van der Waals surface area contributed by atoms with Gasteiger partial charge in [0.1, 0.15) is 6.17 Å². The van der Waals surface area contributed by atoms with Crippen LogP contribution in [0.25, 0.3) is 10.8 Å². The lowest BCUT2D eigenvalue weighted by Gasteiger charge is -2.28. The Morgan fingerprint density at radius 2 is 1.59 bits per heavy atom. The standard InChI is InChI=1S/C20H15Cl3IN3OS/c21-20(22,23)18(27-19(29)25-14-10-8-13(24)9-11-14)26-17(28)16-7-3-5-12-4-1-2-6-15(12)16/h1-11,18H,(H,26,28)(H2,25,27,29). The third-order valence-electron chi connectivity index (χ3n) is 4.01. The Labute approximate surface area is 202 Å². The van der Waals surface area contributed by atoms with Crippen LogP contribution in [-0.2, 0) is 0 Å².